The van der Waals surface area contributed by atoms with E-state index in [1.54, 1.807) is 13.2 Å². The van der Waals surface area contributed by atoms with E-state index in [1.165, 1.54) is 5.56 Å². The predicted octanol–water partition coefficient (Wildman–Crippen LogP) is 2.43. The van der Waals surface area contributed by atoms with Crippen LogP contribution in [-0.2, 0) is 11.2 Å². The zero-order valence-corrected chi connectivity index (χ0v) is 15.8. The summed E-state index contributed by atoms with van der Waals surface area (Å²) in [7, 11) is 1.70. The molecule has 0 saturated carbocycles. The predicted molar refractivity (Wildman–Crippen MR) is 107 cm³/mol. The highest BCUT2D eigenvalue weighted by Crippen LogP contribution is 2.29. The number of rotatable bonds is 5. The molecule has 0 aliphatic carbocycles. The van der Waals surface area contributed by atoms with E-state index in [1.807, 2.05) is 12.1 Å². The largest absolute Gasteiger partial charge is 0.497 e. The van der Waals surface area contributed by atoms with Crippen molar-refractivity contribution in [1.29, 1.82) is 0 Å². The van der Waals surface area contributed by atoms with Gasteiger partial charge in [-0.15, -0.1) is 0 Å². The lowest BCUT2D eigenvalue weighted by atomic mass is 10.0. The van der Waals surface area contributed by atoms with Crippen molar-refractivity contribution < 1.29 is 9.47 Å². The Balaban J connectivity index is 1.56. The van der Waals surface area contributed by atoms with Crippen LogP contribution in [0.25, 0.3) is 0 Å². The zero-order chi connectivity index (χ0) is 18.6. The SMILES string of the molecule is COc1cccc(C[C@@H]2CCCN2c2cc(N3CCOCC3)cc(=O)[nH]2)c1. The Morgan fingerprint density at radius 3 is 2.85 bits per heavy atom. The van der Waals surface area contributed by atoms with E-state index >= 15 is 0 Å². The molecule has 1 aromatic carbocycles. The summed E-state index contributed by atoms with van der Waals surface area (Å²) >= 11 is 0. The summed E-state index contributed by atoms with van der Waals surface area (Å²) in [5, 5.41) is 0. The topological polar surface area (TPSA) is 57.8 Å². The van der Waals surface area contributed by atoms with Crippen molar-refractivity contribution >= 4 is 11.5 Å². The molecular formula is C21H27N3O3. The molecule has 3 heterocycles. The van der Waals surface area contributed by atoms with E-state index in [2.05, 4.69) is 33.0 Å². The van der Waals surface area contributed by atoms with Crippen molar-refractivity contribution in [3.05, 3.63) is 52.3 Å². The Hall–Kier alpha value is -2.47. The van der Waals surface area contributed by atoms with Crippen LogP contribution in [0.1, 0.15) is 18.4 Å². The van der Waals surface area contributed by atoms with Crippen molar-refractivity contribution in [2.75, 3.05) is 49.8 Å². The highest BCUT2D eigenvalue weighted by atomic mass is 16.5. The number of nitrogens with one attached hydrogen (secondary N) is 1. The van der Waals surface area contributed by atoms with E-state index in [-0.39, 0.29) is 5.56 Å². The minimum atomic E-state index is -0.0407. The number of hydrogen-bond acceptors (Lipinski definition) is 5. The summed E-state index contributed by atoms with van der Waals surface area (Å²) in [6.45, 7) is 4.05. The molecule has 4 rings (SSSR count). The summed E-state index contributed by atoms with van der Waals surface area (Å²) in [4.78, 5) is 19.9. The molecule has 27 heavy (non-hydrogen) atoms. The van der Waals surface area contributed by atoms with E-state index in [0.29, 0.717) is 19.3 Å². The first kappa shape index (κ1) is 17.9. The molecule has 1 N–H and O–H groups in total. The smallest absolute Gasteiger partial charge is 0.251 e. The van der Waals surface area contributed by atoms with Crippen LogP contribution in [0.2, 0.25) is 0 Å². The Labute approximate surface area is 159 Å². The van der Waals surface area contributed by atoms with Crippen molar-refractivity contribution in [2.24, 2.45) is 0 Å². The maximum absolute atomic E-state index is 12.3. The van der Waals surface area contributed by atoms with Crippen molar-refractivity contribution in [2.45, 2.75) is 25.3 Å². The molecule has 2 aliphatic rings. The van der Waals surface area contributed by atoms with Crippen LogP contribution in [0, 0.1) is 0 Å². The number of morpholine rings is 1. The molecule has 0 spiro atoms. The number of ether oxygens (including phenoxy) is 2. The molecule has 2 fully saturated rings. The lowest BCUT2D eigenvalue weighted by molar-refractivity contribution is 0.122. The molecule has 0 amide bonds. The molecule has 2 aliphatic heterocycles. The van der Waals surface area contributed by atoms with Gasteiger partial charge in [-0.1, -0.05) is 12.1 Å². The van der Waals surface area contributed by atoms with Crippen LogP contribution in [0.5, 0.6) is 5.75 Å². The summed E-state index contributed by atoms with van der Waals surface area (Å²) < 4.78 is 10.8. The van der Waals surface area contributed by atoms with Gasteiger partial charge in [0.05, 0.1) is 20.3 Å². The van der Waals surface area contributed by atoms with Crippen LogP contribution >= 0.6 is 0 Å². The highest BCUT2D eigenvalue weighted by Gasteiger charge is 2.26. The standard InChI is InChI=1S/C21H27N3O3/c1-26-19-6-2-4-16(13-19)12-17-5-3-7-24(17)20-14-18(15-21(25)22-20)23-8-10-27-11-9-23/h2,4,6,13-15,17H,3,5,7-12H2,1H3,(H,22,25)/t17-/m0/s1. The number of pyridine rings is 1. The number of methoxy groups -OCH3 is 1. The Kier molecular flexibility index (Phi) is 5.34. The molecule has 6 nitrogen and oxygen atoms in total. The van der Waals surface area contributed by atoms with E-state index in [0.717, 1.165) is 56.2 Å². The van der Waals surface area contributed by atoms with Gasteiger partial charge in [-0.3, -0.25) is 4.79 Å². The summed E-state index contributed by atoms with van der Waals surface area (Å²) in [6.07, 6.45) is 3.21. The normalized spacial score (nSPS) is 20.1. The quantitative estimate of drug-likeness (QED) is 0.877. The van der Waals surface area contributed by atoms with E-state index in [9.17, 15) is 4.79 Å². The van der Waals surface area contributed by atoms with Gasteiger partial charge < -0.3 is 24.3 Å². The third-order valence-corrected chi connectivity index (χ3v) is 5.48. The van der Waals surface area contributed by atoms with E-state index in [4.69, 9.17) is 9.47 Å². The molecule has 0 radical (unpaired) electrons. The van der Waals surface area contributed by atoms with Gasteiger partial charge in [0.1, 0.15) is 11.6 Å². The molecular weight excluding hydrogens is 342 g/mol. The fourth-order valence-electron chi connectivity index (χ4n) is 4.11. The van der Waals surface area contributed by atoms with Crippen LogP contribution < -0.4 is 20.1 Å². The van der Waals surface area contributed by atoms with Crippen molar-refractivity contribution in [1.82, 2.24) is 4.98 Å². The maximum atomic E-state index is 12.3. The molecule has 0 bridgehead atoms. The highest BCUT2D eigenvalue weighted by molar-refractivity contribution is 5.56. The van der Waals surface area contributed by atoms with Gasteiger partial charge in [0.2, 0.25) is 0 Å². The van der Waals surface area contributed by atoms with Gasteiger partial charge in [-0.25, -0.2) is 0 Å². The van der Waals surface area contributed by atoms with Gasteiger partial charge in [0, 0.05) is 43.5 Å². The van der Waals surface area contributed by atoms with Crippen LogP contribution in [0.15, 0.2) is 41.2 Å². The maximum Gasteiger partial charge on any atom is 0.251 e. The average molecular weight is 369 g/mol. The first-order valence-electron chi connectivity index (χ1n) is 9.69. The molecule has 1 aromatic heterocycles. The zero-order valence-electron chi connectivity index (χ0n) is 15.8. The van der Waals surface area contributed by atoms with Crippen molar-refractivity contribution in [3.8, 4) is 5.75 Å². The van der Waals surface area contributed by atoms with Gasteiger partial charge in [0.25, 0.3) is 5.56 Å². The van der Waals surface area contributed by atoms with E-state index < -0.39 is 0 Å². The second-order valence-electron chi connectivity index (χ2n) is 7.23. The van der Waals surface area contributed by atoms with Crippen LogP contribution in [0.4, 0.5) is 11.5 Å². The molecule has 2 aromatic rings. The summed E-state index contributed by atoms with van der Waals surface area (Å²) in [6, 6.07) is 12.5. The Morgan fingerprint density at radius 2 is 2.04 bits per heavy atom. The molecule has 144 valence electrons. The van der Waals surface area contributed by atoms with Gasteiger partial charge in [0.15, 0.2) is 0 Å². The van der Waals surface area contributed by atoms with Gasteiger partial charge in [-0.2, -0.15) is 0 Å². The number of aromatic nitrogens is 1. The Morgan fingerprint density at radius 1 is 1.19 bits per heavy atom. The molecule has 1 atom stereocenters. The summed E-state index contributed by atoms with van der Waals surface area (Å²) in [5.41, 5.74) is 2.21. The Bertz CT molecular complexity index is 829. The number of hydrogen-bond donors (Lipinski definition) is 1. The average Bonchev–Trinajstić information content (AvgIpc) is 3.16. The number of nitrogens with zero attached hydrogens (tertiary/aromatic N) is 2. The molecule has 2 saturated heterocycles. The second-order valence-corrected chi connectivity index (χ2v) is 7.23. The minimum Gasteiger partial charge on any atom is -0.497 e. The summed E-state index contributed by atoms with van der Waals surface area (Å²) in [5.74, 6) is 1.81. The van der Waals surface area contributed by atoms with Crippen molar-refractivity contribution in [3.63, 3.8) is 0 Å². The van der Waals surface area contributed by atoms with Gasteiger partial charge >= 0.3 is 0 Å². The third-order valence-electron chi connectivity index (χ3n) is 5.48. The third kappa shape index (κ3) is 4.11. The number of aromatic amines is 1. The second kappa shape index (κ2) is 8.05. The fourth-order valence-corrected chi connectivity index (χ4v) is 4.11. The molecule has 6 heteroatoms. The molecule has 0 unspecified atom stereocenters. The number of anilines is 2. The van der Waals surface area contributed by atoms with Crippen LogP contribution in [0.3, 0.4) is 0 Å². The number of H-pyrrole nitrogens is 1. The van der Waals surface area contributed by atoms with Gasteiger partial charge in [-0.05, 0) is 37.0 Å². The number of benzene rings is 1. The monoisotopic (exact) mass is 369 g/mol. The van der Waals surface area contributed by atoms with Crippen LogP contribution in [-0.4, -0.2) is 51.0 Å². The minimum absolute atomic E-state index is 0.0407. The first-order chi connectivity index (χ1) is 13.2. The fraction of sp³-hybridized carbons (Fsp3) is 0.476. The first-order valence-corrected chi connectivity index (χ1v) is 9.69. The lowest BCUT2D eigenvalue weighted by Gasteiger charge is -2.31. The lowest BCUT2D eigenvalue weighted by Crippen LogP contribution is -2.37.